The molecule has 1 N–H and O–H groups in total. The minimum absolute atomic E-state index is 0.142. The Kier molecular flexibility index (Phi) is 3.36. The average Bonchev–Trinajstić information content (AvgIpc) is 2.32. The Balaban J connectivity index is 2.43. The fraction of sp³-hybridized carbons (Fsp3) is 0.364. The number of nitrogens with zero attached hydrogens (tertiary/aromatic N) is 1. The average molecular weight is 272 g/mol. The van der Waals surface area contributed by atoms with Crippen LogP contribution in [0.15, 0.2) is 29.2 Å². The summed E-state index contributed by atoms with van der Waals surface area (Å²) in [6.07, 6.45) is 0. The van der Waals surface area contributed by atoms with Crippen molar-refractivity contribution in [1.29, 1.82) is 0 Å². The number of hydrogen-bond acceptors (Lipinski definition) is 3. The maximum atomic E-state index is 13.6. The smallest absolute Gasteiger partial charge is 0.246 e. The minimum Gasteiger partial charge on any atom is -0.353 e. The van der Waals surface area contributed by atoms with Crippen molar-refractivity contribution in [3.05, 3.63) is 30.1 Å². The number of halogens is 1. The van der Waals surface area contributed by atoms with E-state index in [-0.39, 0.29) is 19.0 Å². The number of benzene rings is 1. The van der Waals surface area contributed by atoms with Crippen molar-refractivity contribution < 1.29 is 17.6 Å². The molecule has 0 aliphatic carbocycles. The first-order chi connectivity index (χ1) is 8.44. The van der Waals surface area contributed by atoms with Crippen LogP contribution in [0.2, 0.25) is 0 Å². The molecule has 0 radical (unpaired) electrons. The van der Waals surface area contributed by atoms with Gasteiger partial charge >= 0.3 is 0 Å². The highest BCUT2D eigenvalue weighted by Crippen LogP contribution is 2.21. The van der Waals surface area contributed by atoms with E-state index in [0.717, 1.165) is 10.4 Å². The van der Waals surface area contributed by atoms with Gasteiger partial charge in [-0.3, -0.25) is 4.79 Å². The van der Waals surface area contributed by atoms with Crippen LogP contribution in [0.3, 0.4) is 0 Å². The van der Waals surface area contributed by atoms with Crippen LogP contribution in [0, 0.1) is 5.82 Å². The Morgan fingerprint density at radius 2 is 2.06 bits per heavy atom. The van der Waals surface area contributed by atoms with Crippen molar-refractivity contribution in [2.24, 2.45) is 0 Å². The van der Waals surface area contributed by atoms with E-state index in [1.807, 2.05) is 0 Å². The molecule has 1 fully saturated rings. The molecule has 0 bridgehead atoms. The van der Waals surface area contributed by atoms with Gasteiger partial charge in [-0.2, -0.15) is 4.31 Å². The third kappa shape index (κ3) is 2.11. The largest absolute Gasteiger partial charge is 0.353 e. The van der Waals surface area contributed by atoms with Crippen LogP contribution in [0.25, 0.3) is 0 Å². The summed E-state index contributed by atoms with van der Waals surface area (Å²) in [5.74, 6) is -1.18. The van der Waals surface area contributed by atoms with Crippen molar-refractivity contribution in [1.82, 2.24) is 9.62 Å². The van der Waals surface area contributed by atoms with Gasteiger partial charge < -0.3 is 5.32 Å². The summed E-state index contributed by atoms with van der Waals surface area (Å²) in [5, 5.41) is 2.56. The van der Waals surface area contributed by atoms with E-state index < -0.39 is 26.8 Å². The second-order valence-corrected chi connectivity index (χ2v) is 5.87. The van der Waals surface area contributed by atoms with Crippen molar-refractivity contribution >= 4 is 15.9 Å². The van der Waals surface area contributed by atoms with Crippen molar-refractivity contribution in [2.75, 3.05) is 13.1 Å². The van der Waals surface area contributed by atoms with Gasteiger partial charge in [0.2, 0.25) is 15.9 Å². The molecule has 98 valence electrons. The standard InChI is InChI=1S/C11H13FN2O3S/c1-8-11(15)13-6-7-14(8)18(16,17)10-5-3-2-4-9(10)12/h2-5,8H,6-7H2,1H3,(H,13,15). The number of sulfonamides is 1. The predicted octanol–water partition coefficient (Wildman–Crippen LogP) is 0.335. The number of rotatable bonds is 2. The highest BCUT2D eigenvalue weighted by molar-refractivity contribution is 7.89. The number of hydrogen-bond donors (Lipinski definition) is 1. The molecule has 1 atom stereocenters. The van der Waals surface area contributed by atoms with E-state index >= 15 is 0 Å². The predicted molar refractivity (Wildman–Crippen MR) is 62.8 cm³/mol. The van der Waals surface area contributed by atoms with Gasteiger partial charge in [0, 0.05) is 13.1 Å². The van der Waals surface area contributed by atoms with Gasteiger partial charge in [-0.05, 0) is 19.1 Å². The summed E-state index contributed by atoms with van der Waals surface area (Å²) in [6, 6.07) is 4.32. The van der Waals surface area contributed by atoms with Crippen molar-refractivity contribution in [3.63, 3.8) is 0 Å². The van der Waals surface area contributed by atoms with Gasteiger partial charge in [-0.1, -0.05) is 12.1 Å². The fourth-order valence-electron chi connectivity index (χ4n) is 1.87. The zero-order chi connectivity index (χ0) is 13.3. The van der Waals surface area contributed by atoms with Crippen LogP contribution < -0.4 is 5.32 Å². The minimum atomic E-state index is -3.98. The van der Waals surface area contributed by atoms with E-state index in [1.54, 1.807) is 0 Å². The fourth-order valence-corrected chi connectivity index (χ4v) is 3.53. The van der Waals surface area contributed by atoms with Gasteiger partial charge in [0.15, 0.2) is 0 Å². The highest BCUT2D eigenvalue weighted by atomic mass is 32.2. The Hall–Kier alpha value is -1.47. The quantitative estimate of drug-likeness (QED) is 0.844. The molecular weight excluding hydrogens is 259 g/mol. The molecule has 18 heavy (non-hydrogen) atoms. The van der Waals surface area contributed by atoms with Crippen molar-refractivity contribution in [3.8, 4) is 0 Å². The summed E-state index contributed by atoms with van der Waals surface area (Å²) >= 11 is 0. The highest BCUT2D eigenvalue weighted by Gasteiger charge is 2.36. The second-order valence-electron chi connectivity index (χ2n) is 4.01. The molecule has 5 nitrogen and oxygen atoms in total. The van der Waals surface area contributed by atoms with Gasteiger partial charge in [0.05, 0.1) is 0 Å². The number of amides is 1. The maximum absolute atomic E-state index is 13.6. The van der Waals surface area contributed by atoms with Crippen LogP contribution in [0.1, 0.15) is 6.92 Å². The lowest BCUT2D eigenvalue weighted by Crippen LogP contribution is -2.55. The molecule has 1 heterocycles. The number of nitrogens with one attached hydrogen (secondary N) is 1. The van der Waals surface area contributed by atoms with Crippen molar-refractivity contribution in [2.45, 2.75) is 17.9 Å². The van der Waals surface area contributed by atoms with Gasteiger partial charge in [0.1, 0.15) is 16.8 Å². The van der Waals surface area contributed by atoms with Crippen LogP contribution in [0.5, 0.6) is 0 Å². The molecule has 1 saturated heterocycles. The lowest BCUT2D eigenvalue weighted by molar-refractivity contribution is -0.126. The molecule has 1 aliphatic heterocycles. The molecule has 1 unspecified atom stereocenters. The summed E-state index contributed by atoms with van der Waals surface area (Å²) < 4.78 is 39.1. The Morgan fingerprint density at radius 3 is 2.72 bits per heavy atom. The Morgan fingerprint density at radius 1 is 1.39 bits per heavy atom. The van der Waals surface area contributed by atoms with E-state index in [4.69, 9.17) is 0 Å². The molecule has 2 rings (SSSR count). The first-order valence-corrected chi connectivity index (χ1v) is 6.92. The molecule has 1 amide bonds. The van der Waals surface area contributed by atoms with E-state index in [2.05, 4.69) is 5.32 Å². The van der Waals surface area contributed by atoms with Crippen LogP contribution in [-0.4, -0.2) is 37.8 Å². The molecule has 7 heteroatoms. The lowest BCUT2D eigenvalue weighted by atomic mass is 10.2. The number of carbonyl (C=O) groups is 1. The molecule has 0 spiro atoms. The third-order valence-corrected chi connectivity index (χ3v) is 4.87. The van der Waals surface area contributed by atoms with Crippen LogP contribution in [0.4, 0.5) is 4.39 Å². The normalized spacial score (nSPS) is 21.7. The molecule has 1 aliphatic rings. The maximum Gasteiger partial charge on any atom is 0.246 e. The molecule has 0 saturated carbocycles. The van der Waals surface area contributed by atoms with Gasteiger partial charge in [-0.25, -0.2) is 12.8 Å². The molecule has 1 aromatic rings. The molecule has 1 aromatic carbocycles. The summed E-state index contributed by atoms with van der Waals surface area (Å²) in [7, 11) is -3.98. The summed E-state index contributed by atoms with van der Waals surface area (Å²) in [4.78, 5) is 11.1. The van der Waals surface area contributed by atoms with E-state index in [1.165, 1.54) is 25.1 Å². The second kappa shape index (κ2) is 4.66. The monoisotopic (exact) mass is 272 g/mol. The van der Waals surface area contributed by atoms with Gasteiger partial charge in [0.25, 0.3) is 0 Å². The first kappa shape index (κ1) is 13.0. The van der Waals surface area contributed by atoms with Gasteiger partial charge in [-0.15, -0.1) is 0 Å². The zero-order valence-electron chi connectivity index (χ0n) is 9.76. The Bertz CT molecular complexity index is 573. The third-order valence-electron chi connectivity index (χ3n) is 2.87. The summed E-state index contributed by atoms with van der Waals surface area (Å²) in [5.41, 5.74) is 0. The Labute approximate surface area is 105 Å². The topological polar surface area (TPSA) is 66.5 Å². The SMILES string of the molecule is CC1C(=O)NCCN1S(=O)(=O)c1ccccc1F. The van der Waals surface area contributed by atoms with E-state index in [0.29, 0.717) is 0 Å². The first-order valence-electron chi connectivity index (χ1n) is 5.48. The number of carbonyl (C=O) groups excluding carboxylic acids is 1. The zero-order valence-corrected chi connectivity index (χ0v) is 10.6. The van der Waals surface area contributed by atoms with Crippen LogP contribution in [-0.2, 0) is 14.8 Å². The molecule has 0 aromatic heterocycles. The van der Waals surface area contributed by atoms with Crippen LogP contribution >= 0.6 is 0 Å². The molecular formula is C11H13FN2O3S. The van der Waals surface area contributed by atoms with E-state index in [9.17, 15) is 17.6 Å². The summed E-state index contributed by atoms with van der Waals surface area (Å²) in [6.45, 7) is 1.85. The lowest BCUT2D eigenvalue weighted by Gasteiger charge is -2.31. The number of piperazine rings is 1.